The SMILES string of the molecule is CCOC1CCCN(C(CN)c2c(C)cccc2C)C1. The molecule has 0 bridgehead atoms. The third kappa shape index (κ3) is 3.40. The van der Waals surface area contributed by atoms with Crippen molar-refractivity contribution in [3.63, 3.8) is 0 Å². The summed E-state index contributed by atoms with van der Waals surface area (Å²) in [6.45, 7) is 10.1. The summed E-state index contributed by atoms with van der Waals surface area (Å²) in [6, 6.07) is 6.82. The van der Waals surface area contributed by atoms with Gasteiger partial charge in [-0.05, 0) is 56.8 Å². The molecule has 0 aromatic heterocycles. The highest BCUT2D eigenvalue weighted by molar-refractivity contribution is 5.36. The van der Waals surface area contributed by atoms with Crippen molar-refractivity contribution in [3.05, 3.63) is 34.9 Å². The van der Waals surface area contributed by atoms with E-state index in [2.05, 4.69) is 43.9 Å². The molecule has 3 heteroatoms. The van der Waals surface area contributed by atoms with Gasteiger partial charge in [0.25, 0.3) is 0 Å². The second kappa shape index (κ2) is 7.21. The van der Waals surface area contributed by atoms with Crippen molar-refractivity contribution in [1.82, 2.24) is 4.90 Å². The largest absolute Gasteiger partial charge is 0.377 e. The summed E-state index contributed by atoms with van der Waals surface area (Å²) in [5.74, 6) is 0. The molecule has 1 aromatic carbocycles. The molecule has 1 aliphatic rings. The molecule has 112 valence electrons. The van der Waals surface area contributed by atoms with Crippen molar-refractivity contribution in [2.45, 2.75) is 45.8 Å². The van der Waals surface area contributed by atoms with Crippen LogP contribution in [0.1, 0.15) is 42.5 Å². The third-order valence-corrected chi connectivity index (χ3v) is 4.35. The van der Waals surface area contributed by atoms with E-state index in [1.807, 2.05) is 0 Å². The van der Waals surface area contributed by atoms with Gasteiger partial charge in [0.1, 0.15) is 0 Å². The lowest BCUT2D eigenvalue weighted by atomic mass is 9.93. The van der Waals surface area contributed by atoms with Crippen molar-refractivity contribution in [1.29, 1.82) is 0 Å². The Balaban J connectivity index is 2.19. The van der Waals surface area contributed by atoms with Crippen LogP contribution < -0.4 is 5.73 Å². The van der Waals surface area contributed by atoms with Crippen LogP contribution in [0.15, 0.2) is 18.2 Å². The lowest BCUT2D eigenvalue weighted by molar-refractivity contribution is -0.00675. The summed E-state index contributed by atoms with van der Waals surface area (Å²) in [5, 5.41) is 0. The fourth-order valence-corrected chi connectivity index (χ4v) is 3.42. The van der Waals surface area contributed by atoms with Crippen LogP contribution in [0.4, 0.5) is 0 Å². The van der Waals surface area contributed by atoms with Gasteiger partial charge in [0, 0.05) is 25.7 Å². The zero-order valence-electron chi connectivity index (χ0n) is 13.1. The molecule has 2 atom stereocenters. The third-order valence-electron chi connectivity index (χ3n) is 4.35. The van der Waals surface area contributed by atoms with Gasteiger partial charge in [-0.1, -0.05) is 18.2 Å². The Labute approximate surface area is 123 Å². The van der Waals surface area contributed by atoms with Crippen LogP contribution >= 0.6 is 0 Å². The van der Waals surface area contributed by atoms with Gasteiger partial charge in [-0.3, -0.25) is 4.90 Å². The zero-order valence-corrected chi connectivity index (χ0v) is 13.1. The number of likely N-dealkylation sites (tertiary alicyclic amines) is 1. The molecule has 3 nitrogen and oxygen atoms in total. The molecule has 2 N–H and O–H groups in total. The lowest BCUT2D eigenvalue weighted by Gasteiger charge is -2.39. The van der Waals surface area contributed by atoms with Gasteiger partial charge in [-0.2, -0.15) is 0 Å². The minimum Gasteiger partial charge on any atom is -0.377 e. The molecular formula is C17H28N2O. The lowest BCUT2D eigenvalue weighted by Crippen LogP contribution is -2.44. The first-order valence-corrected chi connectivity index (χ1v) is 7.79. The summed E-state index contributed by atoms with van der Waals surface area (Å²) in [5.41, 5.74) is 10.2. The van der Waals surface area contributed by atoms with Gasteiger partial charge < -0.3 is 10.5 Å². The van der Waals surface area contributed by atoms with Gasteiger partial charge in [0.2, 0.25) is 0 Å². The maximum Gasteiger partial charge on any atom is 0.0702 e. The Bertz CT molecular complexity index is 411. The molecule has 0 saturated carbocycles. The molecule has 20 heavy (non-hydrogen) atoms. The van der Waals surface area contributed by atoms with Gasteiger partial charge in [-0.15, -0.1) is 0 Å². The second-order valence-electron chi connectivity index (χ2n) is 5.77. The van der Waals surface area contributed by atoms with Crippen LogP contribution in [-0.2, 0) is 4.74 Å². The van der Waals surface area contributed by atoms with Gasteiger partial charge in [0.05, 0.1) is 6.10 Å². The predicted molar refractivity (Wildman–Crippen MR) is 83.9 cm³/mol. The molecule has 0 spiro atoms. The van der Waals surface area contributed by atoms with E-state index in [9.17, 15) is 0 Å². The predicted octanol–water partition coefficient (Wildman–Crippen LogP) is 2.80. The molecule has 1 aliphatic heterocycles. The van der Waals surface area contributed by atoms with Gasteiger partial charge in [0.15, 0.2) is 0 Å². The molecule has 0 amide bonds. The van der Waals surface area contributed by atoms with Crippen LogP contribution in [0.5, 0.6) is 0 Å². The molecular weight excluding hydrogens is 248 g/mol. The summed E-state index contributed by atoms with van der Waals surface area (Å²) < 4.78 is 5.82. The first-order valence-electron chi connectivity index (χ1n) is 7.79. The number of hydrogen-bond donors (Lipinski definition) is 1. The average Bonchev–Trinajstić information content (AvgIpc) is 2.44. The van der Waals surface area contributed by atoms with Crippen molar-refractivity contribution in [3.8, 4) is 0 Å². The summed E-state index contributed by atoms with van der Waals surface area (Å²) >= 11 is 0. The van der Waals surface area contributed by atoms with Crippen LogP contribution in [0.25, 0.3) is 0 Å². The van der Waals surface area contributed by atoms with E-state index in [0.717, 1.165) is 19.7 Å². The number of nitrogens with zero attached hydrogens (tertiary/aromatic N) is 1. The van der Waals surface area contributed by atoms with Crippen LogP contribution in [-0.4, -0.2) is 37.2 Å². The van der Waals surface area contributed by atoms with E-state index >= 15 is 0 Å². The first kappa shape index (κ1) is 15.5. The van der Waals surface area contributed by atoms with E-state index in [4.69, 9.17) is 10.5 Å². The first-order chi connectivity index (χ1) is 9.67. The van der Waals surface area contributed by atoms with E-state index in [-0.39, 0.29) is 0 Å². The van der Waals surface area contributed by atoms with E-state index in [1.165, 1.54) is 29.5 Å². The number of nitrogens with two attached hydrogens (primary N) is 1. The topological polar surface area (TPSA) is 38.5 Å². The zero-order chi connectivity index (χ0) is 14.5. The maximum atomic E-state index is 6.11. The molecule has 1 aromatic rings. The van der Waals surface area contributed by atoms with E-state index in [0.29, 0.717) is 18.7 Å². The second-order valence-corrected chi connectivity index (χ2v) is 5.77. The number of piperidine rings is 1. The molecule has 2 unspecified atom stereocenters. The average molecular weight is 276 g/mol. The monoisotopic (exact) mass is 276 g/mol. The van der Waals surface area contributed by atoms with Crippen molar-refractivity contribution in [2.24, 2.45) is 5.73 Å². The molecule has 1 fully saturated rings. The standard InChI is InChI=1S/C17H28N2O/c1-4-20-15-9-6-10-19(12-15)16(11-18)17-13(2)7-5-8-14(17)3/h5,7-8,15-16H,4,6,9-12,18H2,1-3H3. The normalized spacial score (nSPS) is 21.9. The smallest absolute Gasteiger partial charge is 0.0702 e. The number of benzene rings is 1. The fraction of sp³-hybridized carbons (Fsp3) is 0.647. The maximum absolute atomic E-state index is 6.11. The minimum absolute atomic E-state index is 0.319. The van der Waals surface area contributed by atoms with Gasteiger partial charge in [-0.25, -0.2) is 0 Å². The quantitative estimate of drug-likeness (QED) is 0.898. The van der Waals surface area contributed by atoms with Crippen molar-refractivity contribution < 1.29 is 4.74 Å². The van der Waals surface area contributed by atoms with Crippen LogP contribution in [0.3, 0.4) is 0 Å². The molecule has 0 radical (unpaired) electrons. The van der Waals surface area contributed by atoms with Crippen molar-refractivity contribution >= 4 is 0 Å². The summed E-state index contributed by atoms with van der Waals surface area (Å²) in [7, 11) is 0. The molecule has 1 heterocycles. The van der Waals surface area contributed by atoms with Crippen LogP contribution in [0, 0.1) is 13.8 Å². The Hall–Kier alpha value is -0.900. The van der Waals surface area contributed by atoms with Gasteiger partial charge >= 0.3 is 0 Å². The molecule has 2 rings (SSSR count). The summed E-state index contributed by atoms with van der Waals surface area (Å²) in [6.07, 6.45) is 2.74. The highest BCUT2D eigenvalue weighted by Gasteiger charge is 2.27. The number of ether oxygens (including phenoxy) is 1. The number of hydrogen-bond acceptors (Lipinski definition) is 3. The Morgan fingerprint density at radius 2 is 2.05 bits per heavy atom. The number of aryl methyl sites for hydroxylation is 2. The minimum atomic E-state index is 0.319. The van der Waals surface area contributed by atoms with E-state index < -0.39 is 0 Å². The molecule has 0 aliphatic carbocycles. The Kier molecular flexibility index (Phi) is 5.58. The van der Waals surface area contributed by atoms with E-state index in [1.54, 1.807) is 0 Å². The van der Waals surface area contributed by atoms with Crippen LogP contribution in [0.2, 0.25) is 0 Å². The molecule has 1 saturated heterocycles. The fourth-order valence-electron chi connectivity index (χ4n) is 3.42. The Morgan fingerprint density at radius 3 is 2.65 bits per heavy atom. The Morgan fingerprint density at radius 1 is 1.35 bits per heavy atom. The highest BCUT2D eigenvalue weighted by Crippen LogP contribution is 2.29. The summed E-state index contributed by atoms with van der Waals surface area (Å²) in [4.78, 5) is 2.51. The number of rotatable bonds is 5. The van der Waals surface area contributed by atoms with Crippen molar-refractivity contribution in [2.75, 3.05) is 26.2 Å². The highest BCUT2D eigenvalue weighted by atomic mass is 16.5.